The van der Waals surface area contributed by atoms with Crippen molar-refractivity contribution in [1.29, 1.82) is 0 Å². The van der Waals surface area contributed by atoms with Crippen LogP contribution >= 0.6 is 0 Å². The minimum atomic E-state index is -0.108. The van der Waals surface area contributed by atoms with Crippen molar-refractivity contribution in [1.82, 2.24) is 9.97 Å². The molecular weight excluding hydrogens is 204 g/mol. The van der Waals surface area contributed by atoms with E-state index in [-0.39, 0.29) is 5.91 Å². The van der Waals surface area contributed by atoms with Crippen LogP contribution in [0.3, 0.4) is 0 Å². The summed E-state index contributed by atoms with van der Waals surface area (Å²) in [6, 6.07) is 5.46. The number of H-pyrrole nitrogens is 1. The highest BCUT2D eigenvalue weighted by Gasteiger charge is 2.03. The van der Waals surface area contributed by atoms with Gasteiger partial charge >= 0.3 is 0 Å². The molecule has 0 saturated carbocycles. The van der Waals surface area contributed by atoms with Crippen LogP contribution in [0.1, 0.15) is 6.92 Å². The number of pyridine rings is 1. The van der Waals surface area contributed by atoms with Crippen molar-refractivity contribution in [3.05, 3.63) is 30.6 Å². The van der Waals surface area contributed by atoms with Crippen molar-refractivity contribution in [3.8, 4) is 11.1 Å². The van der Waals surface area contributed by atoms with Gasteiger partial charge in [0.15, 0.2) is 0 Å². The van der Waals surface area contributed by atoms with Crippen LogP contribution in [0.2, 0.25) is 0 Å². The lowest BCUT2D eigenvalue weighted by molar-refractivity contribution is -0.114. The highest BCUT2D eigenvalue weighted by molar-refractivity contribution is 5.88. The molecule has 0 saturated heterocycles. The molecule has 16 heavy (non-hydrogen) atoms. The number of aromatic amines is 1. The second-order valence-corrected chi connectivity index (χ2v) is 3.45. The molecule has 5 nitrogen and oxygen atoms in total. The molecule has 82 valence electrons. The third-order valence-electron chi connectivity index (χ3n) is 2.11. The second-order valence-electron chi connectivity index (χ2n) is 3.45. The number of hydrogen-bond acceptors (Lipinski definition) is 3. The van der Waals surface area contributed by atoms with E-state index in [9.17, 15) is 4.79 Å². The van der Waals surface area contributed by atoms with E-state index in [1.165, 1.54) is 6.92 Å². The van der Waals surface area contributed by atoms with Gasteiger partial charge in [-0.25, -0.2) is 4.98 Å². The Hall–Kier alpha value is -2.30. The number of nitrogens with one attached hydrogen (secondary N) is 2. The summed E-state index contributed by atoms with van der Waals surface area (Å²) in [5, 5.41) is 2.67. The van der Waals surface area contributed by atoms with Crippen molar-refractivity contribution in [2.45, 2.75) is 6.92 Å². The number of hydrogen-bond donors (Lipinski definition) is 3. The summed E-state index contributed by atoms with van der Waals surface area (Å²) in [6.45, 7) is 1.46. The van der Waals surface area contributed by atoms with Crippen LogP contribution in [-0.4, -0.2) is 15.9 Å². The Morgan fingerprint density at radius 2 is 2.25 bits per heavy atom. The maximum absolute atomic E-state index is 10.8. The highest BCUT2D eigenvalue weighted by Crippen LogP contribution is 2.21. The molecule has 0 aliphatic carbocycles. The van der Waals surface area contributed by atoms with Gasteiger partial charge in [-0.2, -0.15) is 0 Å². The van der Waals surface area contributed by atoms with E-state index in [4.69, 9.17) is 5.73 Å². The zero-order valence-electron chi connectivity index (χ0n) is 8.82. The molecule has 0 spiro atoms. The van der Waals surface area contributed by atoms with Gasteiger partial charge in [0, 0.05) is 30.4 Å². The van der Waals surface area contributed by atoms with E-state index >= 15 is 0 Å². The fraction of sp³-hybridized carbons (Fsp3) is 0.0909. The Labute approximate surface area is 92.7 Å². The number of nitrogen functional groups attached to an aromatic ring is 1. The molecule has 0 aromatic carbocycles. The van der Waals surface area contributed by atoms with E-state index < -0.39 is 0 Å². The molecule has 2 heterocycles. The average Bonchev–Trinajstić information content (AvgIpc) is 2.66. The van der Waals surface area contributed by atoms with Gasteiger partial charge in [0.25, 0.3) is 0 Å². The summed E-state index contributed by atoms with van der Waals surface area (Å²) in [5.74, 6) is 1.05. The second kappa shape index (κ2) is 4.06. The quantitative estimate of drug-likeness (QED) is 0.713. The fourth-order valence-corrected chi connectivity index (χ4v) is 1.40. The first-order chi connectivity index (χ1) is 7.65. The third kappa shape index (κ3) is 2.20. The van der Waals surface area contributed by atoms with Gasteiger partial charge < -0.3 is 16.0 Å². The molecule has 0 aliphatic heterocycles. The standard InChI is InChI=1S/C11H12N4O/c1-7(16)15-11-4-9(6-14-11)8-2-3-10(12)13-5-8/h2-6,14H,1H3,(H2,12,13)(H,15,16). The molecule has 4 N–H and O–H groups in total. The molecule has 1 amide bonds. The summed E-state index contributed by atoms with van der Waals surface area (Å²) >= 11 is 0. The van der Waals surface area contributed by atoms with Gasteiger partial charge in [-0.3, -0.25) is 4.79 Å². The molecule has 0 atom stereocenters. The molecule has 2 aromatic rings. The minimum Gasteiger partial charge on any atom is -0.384 e. The number of aromatic nitrogens is 2. The Morgan fingerprint density at radius 3 is 2.88 bits per heavy atom. The van der Waals surface area contributed by atoms with Crippen LogP contribution < -0.4 is 11.1 Å². The van der Waals surface area contributed by atoms with Crippen LogP contribution in [0, 0.1) is 0 Å². The zero-order chi connectivity index (χ0) is 11.5. The smallest absolute Gasteiger partial charge is 0.222 e. The Balaban J connectivity index is 2.24. The van der Waals surface area contributed by atoms with E-state index in [0.29, 0.717) is 11.6 Å². The summed E-state index contributed by atoms with van der Waals surface area (Å²) in [6.07, 6.45) is 3.49. The van der Waals surface area contributed by atoms with Crippen molar-refractivity contribution < 1.29 is 4.79 Å². The lowest BCUT2D eigenvalue weighted by Gasteiger charge is -1.97. The lowest BCUT2D eigenvalue weighted by Crippen LogP contribution is -2.05. The number of amides is 1. The summed E-state index contributed by atoms with van der Waals surface area (Å²) in [7, 11) is 0. The Morgan fingerprint density at radius 1 is 1.44 bits per heavy atom. The maximum atomic E-state index is 10.8. The van der Waals surface area contributed by atoms with Crippen molar-refractivity contribution in [3.63, 3.8) is 0 Å². The molecule has 0 fully saturated rings. The predicted octanol–water partition coefficient (Wildman–Crippen LogP) is 1.62. The highest BCUT2D eigenvalue weighted by atomic mass is 16.1. The lowest BCUT2D eigenvalue weighted by atomic mass is 10.1. The molecule has 2 rings (SSSR count). The number of rotatable bonds is 2. The number of nitrogens with two attached hydrogens (primary N) is 1. The molecule has 2 aromatic heterocycles. The van der Waals surface area contributed by atoms with Crippen molar-refractivity contribution in [2.75, 3.05) is 11.1 Å². The van der Waals surface area contributed by atoms with Crippen LogP contribution in [0.15, 0.2) is 30.6 Å². The van der Waals surface area contributed by atoms with Gasteiger partial charge in [0.05, 0.1) is 0 Å². The summed E-state index contributed by atoms with van der Waals surface area (Å²) < 4.78 is 0. The maximum Gasteiger partial charge on any atom is 0.222 e. The normalized spacial score (nSPS) is 10.1. The number of nitrogens with zero attached hydrogens (tertiary/aromatic N) is 1. The van der Waals surface area contributed by atoms with Gasteiger partial charge in [-0.1, -0.05) is 0 Å². The summed E-state index contributed by atoms with van der Waals surface area (Å²) in [4.78, 5) is 17.8. The van der Waals surface area contributed by atoms with Crippen LogP contribution in [0.4, 0.5) is 11.6 Å². The van der Waals surface area contributed by atoms with Crippen LogP contribution in [0.25, 0.3) is 11.1 Å². The van der Waals surface area contributed by atoms with Crippen molar-refractivity contribution in [2.24, 2.45) is 0 Å². The van der Waals surface area contributed by atoms with E-state index in [1.807, 2.05) is 12.1 Å². The Kier molecular flexibility index (Phi) is 2.59. The zero-order valence-corrected chi connectivity index (χ0v) is 8.82. The summed E-state index contributed by atoms with van der Waals surface area (Å²) in [5.41, 5.74) is 7.40. The number of carbonyl (C=O) groups is 1. The van der Waals surface area contributed by atoms with Gasteiger partial charge in [0.1, 0.15) is 11.6 Å². The number of anilines is 2. The molecular formula is C11H12N4O. The third-order valence-corrected chi connectivity index (χ3v) is 2.11. The largest absolute Gasteiger partial charge is 0.384 e. The van der Waals surface area contributed by atoms with Crippen LogP contribution in [-0.2, 0) is 4.79 Å². The van der Waals surface area contributed by atoms with Gasteiger partial charge in [-0.15, -0.1) is 0 Å². The molecule has 0 unspecified atom stereocenters. The molecule has 0 aliphatic rings. The minimum absolute atomic E-state index is 0.108. The van der Waals surface area contributed by atoms with Crippen LogP contribution in [0.5, 0.6) is 0 Å². The van der Waals surface area contributed by atoms with Gasteiger partial charge in [0.2, 0.25) is 5.91 Å². The monoisotopic (exact) mass is 216 g/mol. The average molecular weight is 216 g/mol. The first-order valence-corrected chi connectivity index (χ1v) is 4.83. The van der Waals surface area contributed by atoms with E-state index in [1.54, 1.807) is 18.5 Å². The number of carbonyl (C=O) groups excluding carboxylic acids is 1. The van der Waals surface area contributed by atoms with E-state index in [0.717, 1.165) is 11.1 Å². The Bertz CT molecular complexity index is 501. The fourth-order valence-electron chi connectivity index (χ4n) is 1.40. The predicted molar refractivity (Wildman–Crippen MR) is 62.7 cm³/mol. The molecule has 0 bridgehead atoms. The molecule has 5 heteroatoms. The molecule has 0 radical (unpaired) electrons. The first kappa shape index (κ1) is 10.2. The van der Waals surface area contributed by atoms with Crippen molar-refractivity contribution >= 4 is 17.5 Å². The van der Waals surface area contributed by atoms with Gasteiger partial charge in [-0.05, 0) is 18.2 Å². The SMILES string of the molecule is CC(=O)Nc1cc(-c2ccc(N)nc2)c[nH]1. The first-order valence-electron chi connectivity index (χ1n) is 4.83. The topological polar surface area (TPSA) is 83.8 Å². The van der Waals surface area contributed by atoms with E-state index in [2.05, 4.69) is 15.3 Å².